The maximum atomic E-state index is 2.27. The SMILES string of the molecule is C[CH2][Ge][CH2]C.[CH3-].[CH3-].[Li+].[Li+]. The summed E-state index contributed by atoms with van der Waals surface area (Å²) >= 11 is 0.528. The van der Waals surface area contributed by atoms with Crippen molar-refractivity contribution in [3.05, 3.63) is 14.9 Å². The van der Waals surface area contributed by atoms with E-state index in [4.69, 9.17) is 0 Å². The largest absolute Gasteiger partial charge is 1.00 e. The average Bonchev–Trinajstić information content (AvgIpc) is 1.41. The summed E-state index contributed by atoms with van der Waals surface area (Å²) in [5.41, 5.74) is 0. The van der Waals surface area contributed by atoms with Crippen LogP contribution in [0.25, 0.3) is 0 Å². The van der Waals surface area contributed by atoms with Crippen molar-refractivity contribution in [2.75, 3.05) is 0 Å². The Balaban J connectivity index is -0.0000000133. The van der Waals surface area contributed by atoms with E-state index in [0.717, 1.165) is 0 Å². The van der Waals surface area contributed by atoms with Crippen molar-refractivity contribution in [3.8, 4) is 0 Å². The van der Waals surface area contributed by atoms with Crippen LogP contribution in [0.3, 0.4) is 0 Å². The molecule has 0 heterocycles. The van der Waals surface area contributed by atoms with Crippen LogP contribution >= 0.6 is 0 Å². The fourth-order valence-corrected chi connectivity index (χ4v) is 1.30. The van der Waals surface area contributed by atoms with Gasteiger partial charge in [-0.2, -0.15) is 0 Å². The first kappa shape index (κ1) is 30.9. The van der Waals surface area contributed by atoms with E-state index in [1.807, 2.05) is 0 Å². The van der Waals surface area contributed by atoms with Gasteiger partial charge < -0.3 is 14.9 Å². The van der Waals surface area contributed by atoms with Gasteiger partial charge in [0.1, 0.15) is 0 Å². The summed E-state index contributed by atoms with van der Waals surface area (Å²) in [6.07, 6.45) is 0. The van der Waals surface area contributed by atoms with Gasteiger partial charge in [-0.1, -0.05) is 0 Å². The second kappa shape index (κ2) is 33.1. The normalized spacial score (nSPS) is 4.67. The fraction of sp³-hybridized carbons (Fsp3) is 0.667. The molecule has 0 spiro atoms. The first-order chi connectivity index (χ1) is 2.41. The van der Waals surface area contributed by atoms with Gasteiger partial charge in [-0.05, 0) is 0 Å². The van der Waals surface area contributed by atoms with E-state index in [1.165, 1.54) is 10.5 Å². The third-order valence-corrected chi connectivity index (χ3v) is 2.60. The van der Waals surface area contributed by atoms with Gasteiger partial charge >= 0.3 is 77.5 Å². The molecule has 0 aromatic carbocycles. The summed E-state index contributed by atoms with van der Waals surface area (Å²) in [5.74, 6) is 0. The maximum absolute atomic E-state index is 2.27. The first-order valence-electron chi connectivity index (χ1n) is 2.12. The maximum Gasteiger partial charge on any atom is 1.00 e. The second-order valence-electron chi connectivity index (χ2n) is 0.957. The Morgan fingerprint density at radius 2 is 1.11 bits per heavy atom. The molecule has 0 aromatic heterocycles. The Kier molecular flexibility index (Phi) is 114. The molecular formula is C6H16GeLi2. The van der Waals surface area contributed by atoms with Crippen molar-refractivity contribution in [1.82, 2.24) is 0 Å². The average molecular weight is 175 g/mol. The van der Waals surface area contributed by atoms with Crippen LogP contribution in [0.4, 0.5) is 0 Å². The minimum atomic E-state index is 0. The molecule has 2 radical (unpaired) electrons. The zero-order valence-electron chi connectivity index (χ0n) is 7.91. The van der Waals surface area contributed by atoms with E-state index in [9.17, 15) is 0 Å². The molecule has 0 aliphatic heterocycles. The zero-order chi connectivity index (χ0) is 4.12. The quantitative estimate of drug-likeness (QED) is 0.301. The molecule has 0 aliphatic carbocycles. The molecule has 0 nitrogen and oxygen atoms in total. The molecular weight excluding hydrogens is 159 g/mol. The summed E-state index contributed by atoms with van der Waals surface area (Å²) in [6.45, 7) is 4.53. The molecule has 0 saturated heterocycles. The van der Waals surface area contributed by atoms with Crippen LogP contribution in [0.15, 0.2) is 0 Å². The number of hydrogen-bond acceptors (Lipinski definition) is 0. The molecule has 0 aromatic rings. The molecule has 0 aliphatic rings. The van der Waals surface area contributed by atoms with Crippen LogP contribution in [0.1, 0.15) is 13.8 Å². The van der Waals surface area contributed by atoms with E-state index >= 15 is 0 Å². The molecule has 46 valence electrons. The molecule has 0 atom stereocenters. The Labute approximate surface area is 91.8 Å². The van der Waals surface area contributed by atoms with Crippen LogP contribution < -0.4 is 37.7 Å². The molecule has 9 heavy (non-hydrogen) atoms. The predicted molar refractivity (Wildman–Crippen MR) is 39.5 cm³/mol. The summed E-state index contributed by atoms with van der Waals surface area (Å²) in [5, 5.41) is 2.94. The Bertz CT molecular complexity index is 18.5. The van der Waals surface area contributed by atoms with E-state index < -0.39 is 0 Å². The summed E-state index contributed by atoms with van der Waals surface area (Å²) in [4.78, 5) is 0. The molecule has 0 bridgehead atoms. The summed E-state index contributed by atoms with van der Waals surface area (Å²) in [6, 6.07) is 0. The molecule has 3 heteroatoms. The Morgan fingerprint density at radius 1 is 0.889 bits per heavy atom. The Hall–Kier alpha value is 1.74. The second-order valence-corrected chi connectivity index (χ2v) is 4.97. The minimum Gasteiger partial charge on any atom is -0.358 e. The summed E-state index contributed by atoms with van der Waals surface area (Å²) < 4.78 is 0. The number of rotatable bonds is 2. The van der Waals surface area contributed by atoms with Crippen LogP contribution in [0, 0.1) is 14.9 Å². The third kappa shape index (κ3) is 41.7. The van der Waals surface area contributed by atoms with Crippen LogP contribution in [-0.2, 0) is 0 Å². The van der Waals surface area contributed by atoms with E-state index in [2.05, 4.69) is 13.8 Å². The third-order valence-electron chi connectivity index (χ3n) is 0.500. The van der Waals surface area contributed by atoms with Crippen molar-refractivity contribution in [2.45, 2.75) is 24.4 Å². The molecule has 0 fully saturated rings. The zero-order valence-corrected chi connectivity index (χ0v) is 10.0. The number of hydrogen-bond donors (Lipinski definition) is 0. The van der Waals surface area contributed by atoms with Crippen molar-refractivity contribution in [2.24, 2.45) is 0 Å². The van der Waals surface area contributed by atoms with Crippen molar-refractivity contribution < 1.29 is 37.7 Å². The van der Waals surface area contributed by atoms with E-state index in [0.29, 0.717) is 15.4 Å². The van der Waals surface area contributed by atoms with Gasteiger partial charge in [-0.15, -0.1) is 0 Å². The first-order valence-corrected chi connectivity index (χ1v) is 5.09. The van der Waals surface area contributed by atoms with Gasteiger partial charge in [0.05, 0.1) is 0 Å². The van der Waals surface area contributed by atoms with Gasteiger partial charge in [0.15, 0.2) is 0 Å². The smallest absolute Gasteiger partial charge is 0.358 e. The Morgan fingerprint density at radius 3 is 1.11 bits per heavy atom. The van der Waals surface area contributed by atoms with E-state index in [1.54, 1.807) is 0 Å². The van der Waals surface area contributed by atoms with Gasteiger partial charge in [-0.25, -0.2) is 0 Å². The predicted octanol–water partition coefficient (Wildman–Crippen LogP) is -3.52. The van der Waals surface area contributed by atoms with Gasteiger partial charge in [0.2, 0.25) is 0 Å². The molecule has 0 rings (SSSR count). The van der Waals surface area contributed by atoms with Crippen LogP contribution in [0.2, 0.25) is 10.5 Å². The van der Waals surface area contributed by atoms with Crippen LogP contribution in [0.5, 0.6) is 0 Å². The summed E-state index contributed by atoms with van der Waals surface area (Å²) in [7, 11) is 0. The van der Waals surface area contributed by atoms with Crippen molar-refractivity contribution in [3.63, 3.8) is 0 Å². The van der Waals surface area contributed by atoms with Gasteiger partial charge in [0.25, 0.3) is 0 Å². The monoisotopic (exact) mass is 176 g/mol. The van der Waals surface area contributed by atoms with Crippen molar-refractivity contribution in [1.29, 1.82) is 0 Å². The fourth-order valence-electron chi connectivity index (χ4n) is 0.250. The van der Waals surface area contributed by atoms with E-state index in [-0.39, 0.29) is 52.6 Å². The topological polar surface area (TPSA) is 0 Å². The molecule has 0 N–H and O–H groups in total. The molecule has 0 unspecified atom stereocenters. The van der Waals surface area contributed by atoms with Crippen LogP contribution in [-0.4, -0.2) is 15.4 Å². The standard InChI is InChI=1S/C4H10Ge.2CH3.2Li/c1-3-5-4-2;;;;/h3-4H2,1-2H3;2*1H3;;/q;2*-1;2*+1. The molecule has 0 amide bonds. The van der Waals surface area contributed by atoms with Gasteiger partial charge in [-0.3, -0.25) is 0 Å². The van der Waals surface area contributed by atoms with Crippen molar-refractivity contribution >= 4 is 15.4 Å². The molecule has 0 saturated carbocycles. The van der Waals surface area contributed by atoms with Gasteiger partial charge in [0, 0.05) is 0 Å². The minimum absolute atomic E-state index is 0.